The van der Waals surface area contributed by atoms with Crippen LogP contribution in [0, 0.1) is 0 Å². The standard InChI is InChI=1S/C11H24N2O2/c1-5-15-8-6-7-10(14)13(4)11(2,3)9-12/h5-9,12H2,1-4H3. The molecule has 0 spiro atoms. The Kier molecular flexibility index (Phi) is 6.52. The van der Waals surface area contributed by atoms with Crippen molar-refractivity contribution in [3.05, 3.63) is 0 Å². The first-order chi connectivity index (χ1) is 6.95. The molecule has 0 radical (unpaired) electrons. The van der Waals surface area contributed by atoms with Gasteiger partial charge in [0.2, 0.25) is 5.91 Å². The summed E-state index contributed by atoms with van der Waals surface area (Å²) in [6, 6.07) is 0. The Labute approximate surface area is 92.8 Å². The fourth-order valence-corrected chi connectivity index (χ4v) is 1.11. The summed E-state index contributed by atoms with van der Waals surface area (Å²) in [6.07, 6.45) is 1.30. The molecule has 0 atom stereocenters. The molecule has 90 valence electrons. The van der Waals surface area contributed by atoms with Crippen molar-refractivity contribution < 1.29 is 9.53 Å². The summed E-state index contributed by atoms with van der Waals surface area (Å²) in [6.45, 7) is 7.71. The van der Waals surface area contributed by atoms with Crippen LogP contribution >= 0.6 is 0 Å². The molecule has 0 aliphatic rings. The molecule has 0 bridgehead atoms. The minimum atomic E-state index is -0.261. The number of carbonyl (C=O) groups excluding carboxylic acids is 1. The van der Waals surface area contributed by atoms with Crippen molar-refractivity contribution in [2.24, 2.45) is 5.73 Å². The largest absolute Gasteiger partial charge is 0.382 e. The van der Waals surface area contributed by atoms with E-state index in [-0.39, 0.29) is 11.4 Å². The van der Waals surface area contributed by atoms with Gasteiger partial charge in [0.15, 0.2) is 0 Å². The van der Waals surface area contributed by atoms with Gasteiger partial charge in [-0.3, -0.25) is 4.79 Å². The molecule has 15 heavy (non-hydrogen) atoms. The maximum absolute atomic E-state index is 11.7. The van der Waals surface area contributed by atoms with Crippen LogP contribution in [0.1, 0.15) is 33.6 Å². The Balaban J connectivity index is 3.89. The highest BCUT2D eigenvalue weighted by atomic mass is 16.5. The summed E-state index contributed by atoms with van der Waals surface area (Å²) in [4.78, 5) is 13.4. The van der Waals surface area contributed by atoms with Gasteiger partial charge < -0.3 is 15.4 Å². The Morgan fingerprint density at radius 2 is 2.07 bits per heavy atom. The van der Waals surface area contributed by atoms with Gasteiger partial charge >= 0.3 is 0 Å². The lowest BCUT2D eigenvalue weighted by molar-refractivity contribution is -0.134. The molecule has 0 fully saturated rings. The molecule has 4 heteroatoms. The highest BCUT2D eigenvalue weighted by Crippen LogP contribution is 2.12. The molecule has 0 unspecified atom stereocenters. The first-order valence-electron chi connectivity index (χ1n) is 5.50. The fraction of sp³-hybridized carbons (Fsp3) is 0.909. The van der Waals surface area contributed by atoms with E-state index in [1.807, 2.05) is 20.8 Å². The maximum atomic E-state index is 11.7. The van der Waals surface area contributed by atoms with E-state index < -0.39 is 0 Å². The van der Waals surface area contributed by atoms with E-state index in [1.54, 1.807) is 11.9 Å². The van der Waals surface area contributed by atoms with Crippen molar-refractivity contribution in [1.82, 2.24) is 4.90 Å². The van der Waals surface area contributed by atoms with Crippen LogP contribution in [-0.4, -0.2) is 43.2 Å². The van der Waals surface area contributed by atoms with E-state index in [0.717, 1.165) is 6.42 Å². The second-order valence-corrected chi connectivity index (χ2v) is 4.27. The summed E-state index contributed by atoms with van der Waals surface area (Å²) < 4.78 is 5.18. The molecule has 0 rings (SSSR count). The number of likely N-dealkylation sites (N-methyl/N-ethyl adjacent to an activating group) is 1. The van der Waals surface area contributed by atoms with Gasteiger partial charge in [-0.2, -0.15) is 0 Å². The zero-order chi connectivity index (χ0) is 11.9. The first kappa shape index (κ1) is 14.4. The number of amides is 1. The SMILES string of the molecule is CCOCCCC(=O)N(C)C(C)(C)CN. The van der Waals surface area contributed by atoms with Gasteiger partial charge in [-0.05, 0) is 27.2 Å². The number of nitrogens with two attached hydrogens (primary N) is 1. The molecule has 0 aromatic carbocycles. The topological polar surface area (TPSA) is 55.6 Å². The predicted octanol–water partition coefficient (Wildman–Crippen LogP) is 0.999. The maximum Gasteiger partial charge on any atom is 0.222 e. The number of hydrogen-bond acceptors (Lipinski definition) is 3. The van der Waals surface area contributed by atoms with Crippen LogP contribution in [0.2, 0.25) is 0 Å². The Bertz CT molecular complexity index is 193. The van der Waals surface area contributed by atoms with Crippen LogP contribution in [0.4, 0.5) is 0 Å². The minimum absolute atomic E-state index is 0.130. The molecule has 2 N–H and O–H groups in total. The Hall–Kier alpha value is -0.610. The van der Waals surface area contributed by atoms with Gasteiger partial charge in [0.05, 0.1) is 0 Å². The molecule has 0 heterocycles. The quantitative estimate of drug-likeness (QED) is 0.646. The van der Waals surface area contributed by atoms with Crippen molar-refractivity contribution >= 4 is 5.91 Å². The summed E-state index contributed by atoms with van der Waals surface area (Å²) in [7, 11) is 1.80. The number of nitrogens with zero attached hydrogens (tertiary/aromatic N) is 1. The lowest BCUT2D eigenvalue weighted by atomic mass is 10.0. The van der Waals surface area contributed by atoms with Crippen LogP contribution in [-0.2, 0) is 9.53 Å². The smallest absolute Gasteiger partial charge is 0.222 e. The van der Waals surface area contributed by atoms with Crippen molar-refractivity contribution in [1.29, 1.82) is 0 Å². The first-order valence-corrected chi connectivity index (χ1v) is 5.50. The summed E-state index contributed by atoms with van der Waals surface area (Å²) in [5.41, 5.74) is 5.34. The number of rotatable bonds is 7. The molecule has 1 amide bonds. The monoisotopic (exact) mass is 216 g/mol. The molecule has 0 saturated heterocycles. The normalized spacial score (nSPS) is 11.5. The molecule has 0 aliphatic heterocycles. The average Bonchev–Trinajstić information content (AvgIpc) is 2.23. The van der Waals surface area contributed by atoms with Gasteiger partial charge in [0.25, 0.3) is 0 Å². The number of hydrogen-bond donors (Lipinski definition) is 1. The van der Waals surface area contributed by atoms with E-state index in [9.17, 15) is 4.79 Å². The molecule has 0 aromatic heterocycles. The Morgan fingerprint density at radius 3 is 2.53 bits per heavy atom. The van der Waals surface area contributed by atoms with Crippen molar-refractivity contribution in [2.75, 3.05) is 26.8 Å². The second kappa shape index (κ2) is 6.80. The highest BCUT2D eigenvalue weighted by Gasteiger charge is 2.25. The molecular weight excluding hydrogens is 192 g/mol. The molecular formula is C11H24N2O2. The summed E-state index contributed by atoms with van der Waals surface area (Å²) in [5.74, 6) is 0.130. The van der Waals surface area contributed by atoms with Crippen LogP contribution < -0.4 is 5.73 Å². The molecule has 0 saturated carbocycles. The van der Waals surface area contributed by atoms with E-state index in [2.05, 4.69) is 0 Å². The van der Waals surface area contributed by atoms with Crippen molar-refractivity contribution in [3.63, 3.8) is 0 Å². The minimum Gasteiger partial charge on any atom is -0.382 e. The number of carbonyl (C=O) groups is 1. The van der Waals surface area contributed by atoms with Crippen LogP contribution in [0.5, 0.6) is 0 Å². The average molecular weight is 216 g/mol. The van der Waals surface area contributed by atoms with Crippen LogP contribution in [0.25, 0.3) is 0 Å². The lowest BCUT2D eigenvalue weighted by Crippen LogP contribution is -2.50. The van der Waals surface area contributed by atoms with E-state index in [4.69, 9.17) is 10.5 Å². The third-order valence-corrected chi connectivity index (χ3v) is 2.67. The third-order valence-electron chi connectivity index (χ3n) is 2.67. The van der Waals surface area contributed by atoms with Crippen molar-refractivity contribution in [2.45, 2.75) is 39.2 Å². The summed E-state index contributed by atoms with van der Waals surface area (Å²) in [5, 5.41) is 0. The Morgan fingerprint density at radius 1 is 1.47 bits per heavy atom. The summed E-state index contributed by atoms with van der Waals surface area (Å²) >= 11 is 0. The fourth-order valence-electron chi connectivity index (χ4n) is 1.11. The molecule has 0 aliphatic carbocycles. The van der Waals surface area contributed by atoms with Gasteiger partial charge in [-0.25, -0.2) is 0 Å². The van der Waals surface area contributed by atoms with E-state index in [1.165, 1.54) is 0 Å². The number of ether oxygens (including phenoxy) is 1. The van der Waals surface area contributed by atoms with Gasteiger partial charge in [-0.1, -0.05) is 0 Å². The second-order valence-electron chi connectivity index (χ2n) is 4.27. The molecule has 4 nitrogen and oxygen atoms in total. The van der Waals surface area contributed by atoms with Crippen molar-refractivity contribution in [3.8, 4) is 0 Å². The van der Waals surface area contributed by atoms with E-state index >= 15 is 0 Å². The van der Waals surface area contributed by atoms with E-state index in [0.29, 0.717) is 26.2 Å². The van der Waals surface area contributed by atoms with Gasteiger partial charge in [0, 0.05) is 38.8 Å². The zero-order valence-corrected chi connectivity index (χ0v) is 10.4. The van der Waals surface area contributed by atoms with Crippen LogP contribution in [0.15, 0.2) is 0 Å². The van der Waals surface area contributed by atoms with Gasteiger partial charge in [-0.15, -0.1) is 0 Å². The highest BCUT2D eigenvalue weighted by molar-refractivity contribution is 5.76. The molecule has 0 aromatic rings. The predicted molar refractivity (Wildman–Crippen MR) is 61.6 cm³/mol. The van der Waals surface area contributed by atoms with Gasteiger partial charge in [0.1, 0.15) is 0 Å². The lowest BCUT2D eigenvalue weighted by Gasteiger charge is -2.34. The zero-order valence-electron chi connectivity index (χ0n) is 10.4. The van der Waals surface area contributed by atoms with Crippen LogP contribution in [0.3, 0.4) is 0 Å². The third kappa shape index (κ3) is 5.14.